The SMILES string of the molecule is COC(C)Cn1ncc(NC(C)C)cc1=O. The lowest BCUT2D eigenvalue weighted by atomic mass is 10.3. The van der Waals surface area contributed by atoms with Gasteiger partial charge in [-0.25, -0.2) is 4.68 Å². The third-order valence-electron chi connectivity index (χ3n) is 2.16. The van der Waals surface area contributed by atoms with E-state index in [1.165, 1.54) is 4.68 Å². The van der Waals surface area contributed by atoms with Gasteiger partial charge < -0.3 is 10.1 Å². The summed E-state index contributed by atoms with van der Waals surface area (Å²) in [6, 6.07) is 1.84. The molecule has 1 aromatic rings. The molecule has 5 heteroatoms. The summed E-state index contributed by atoms with van der Waals surface area (Å²) in [5.74, 6) is 0. The van der Waals surface area contributed by atoms with Crippen LogP contribution in [0.15, 0.2) is 17.1 Å². The van der Waals surface area contributed by atoms with Crippen molar-refractivity contribution in [1.29, 1.82) is 0 Å². The molecule has 0 amide bonds. The monoisotopic (exact) mass is 225 g/mol. The highest BCUT2D eigenvalue weighted by Gasteiger charge is 2.05. The molecule has 0 bridgehead atoms. The maximum absolute atomic E-state index is 11.7. The highest BCUT2D eigenvalue weighted by molar-refractivity contribution is 5.39. The molecular formula is C11H19N3O2. The maximum atomic E-state index is 11.7. The van der Waals surface area contributed by atoms with Crippen LogP contribution < -0.4 is 10.9 Å². The number of hydrogen-bond acceptors (Lipinski definition) is 4. The molecule has 1 aromatic heterocycles. The summed E-state index contributed by atoms with van der Waals surface area (Å²) in [6.07, 6.45) is 1.64. The van der Waals surface area contributed by atoms with Gasteiger partial charge in [0.1, 0.15) is 0 Å². The molecule has 0 spiro atoms. The number of aromatic nitrogens is 2. The van der Waals surface area contributed by atoms with Crippen LogP contribution in [0, 0.1) is 0 Å². The molecule has 0 fully saturated rings. The lowest BCUT2D eigenvalue weighted by Crippen LogP contribution is -2.28. The predicted molar refractivity (Wildman–Crippen MR) is 63.7 cm³/mol. The van der Waals surface area contributed by atoms with Crippen LogP contribution in [0.5, 0.6) is 0 Å². The zero-order valence-electron chi connectivity index (χ0n) is 10.2. The molecule has 0 aromatic carbocycles. The van der Waals surface area contributed by atoms with Crippen LogP contribution >= 0.6 is 0 Å². The molecule has 1 rings (SSSR count). The molecule has 0 saturated carbocycles. The van der Waals surface area contributed by atoms with Gasteiger partial charge >= 0.3 is 0 Å². The molecule has 0 aliphatic heterocycles. The fourth-order valence-corrected chi connectivity index (χ4v) is 1.30. The Morgan fingerprint density at radius 3 is 2.69 bits per heavy atom. The summed E-state index contributed by atoms with van der Waals surface area (Å²) < 4.78 is 6.49. The Labute approximate surface area is 95.4 Å². The molecule has 1 N–H and O–H groups in total. The fourth-order valence-electron chi connectivity index (χ4n) is 1.30. The first kappa shape index (κ1) is 12.7. The standard InChI is InChI=1S/C11H19N3O2/c1-8(2)13-10-5-11(15)14(12-6-10)7-9(3)16-4/h5-6,8-9,13H,7H2,1-4H3. The van der Waals surface area contributed by atoms with Crippen LogP contribution in [0.25, 0.3) is 0 Å². The van der Waals surface area contributed by atoms with Gasteiger partial charge in [0, 0.05) is 19.2 Å². The number of hydrogen-bond donors (Lipinski definition) is 1. The topological polar surface area (TPSA) is 56.1 Å². The van der Waals surface area contributed by atoms with Crippen molar-refractivity contribution >= 4 is 5.69 Å². The van der Waals surface area contributed by atoms with E-state index in [9.17, 15) is 4.79 Å². The fraction of sp³-hybridized carbons (Fsp3) is 0.636. The summed E-state index contributed by atoms with van der Waals surface area (Å²) in [5.41, 5.74) is 0.635. The molecule has 0 aliphatic carbocycles. The lowest BCUT2D eigenvalue weighted by Gasteiger charge is -2.12. The van der Waals surface area contributed by atoms with E-state index >= 15 is 0 Å². The third-order valence-corrected chi connectivity index (χ3v) is 2.16. The Hall–Kier alpha value is -1.36. The van der Waals surface area contributed by atoms with Crippen LogP contribution in [0.2, 0.25) is 0 Å². The second kappa shape index (κ2) is 5.65. The van der Waals surface area contributed by atoms with Crippen LogP contribution in [0.1, 0.15) is 20.8 Å². The summed E-state index contributed by atoms with van der Waals surface area (Å²) in [4.78, 5) is 11.7. The Bertz CT molecular complexity index is 387. The van der Waals surface area contributed by atoms with Gasteiger partial charge in [0.2, 0.25) is 0 Å². The van der Waals surface area contributed by atoms with Crippen molar-refractivity contribution in [3.8, 4) is 0 Å². The molecule has 90 valence electrons. The van der Waals surface area contributed by atoms with Gasteiger partial charge in [-0.05, 0) is 20.8 Å². The molecule has 0 radical (unpaired) electrons. The van der Waals surface area contributed by atoms with Crippen LogP contribution in [-0.2, 0) is 11.3 Å². The molecule has 1 atom stereocenters. The van der Waals surface area contributed by atoms with Gasteiger partial charge in [0.25, 0.3) is 5.56 Å². The van der Waals surface area contributed by atoms with E-state index in [2.05, 4.69) is 10.4 Å². The number of nitrogens with one attached hydrogen (secondary N) is 1. The van der Waals surface area contributed by atoms with E-state index in [4.69, 9.17) is 4.74 Å². The minimum Gasteiger partial charge on any atom is -0.381 e. The minimum atomic E-state index is -0.116. The normalized spacial score (nSPS) is 12.8. The first-order chi connectivity index (χ1) is 7.52. The summed E-state index contributed by atoms with van der Waals surface area (Å²) in [7, 11) is 1.62. The average molecular weight is 225 g/mol. The van der Waals surface area contributed by atoms with Crippen molar-refractivity contribution in [3.05, 3.63) is 22.6 Å². The molecule has 1 unspecified atom stereocenters. The molecule has 1 heterocycles. The Morgan fingerprint density at radius 1 is 1.50 bits per heavy atom. The minimum absolute atomic E-state index is 0.0193. The number of ether oxygens (including phenoxy) is 1. The smallest absolute Gasteiger partial charge is 0.268 e. The van der Waals surface area contributed by atoms with E-state index in [0.717, 1.165) is 5.69 Å². The Morgan fingerprint density at radius 2 is 2.19 bits per heavy atom. The predicted octanol–water partition coefficient (Wildman–Crippen LogP) is 1.10. The van der Waals surface area contributed by atoms with Gasteiger partial charge in [-0.15, -0.1) is 0 Å². The summed E-state index contributed by atoms with van der Waals surface area (Å²) >= 11 is 0. The zero-order valence-corrected chi connectivity index (χ0v) is 10.2. The molecule has 0 saturated heterocycles. The average Bonchev–Trinajstić information content (AvgIpc) is 2.21. The van der Waals surface area contributed by atoms with Gasteiger partial charge in [-0.2, -0.15) is 5.10 Å². The molecular weight excluding hydrogens is 206 g/mol. The van der Waals surface area contributed by atoms with Gasteiger partial charge in [-0.3, -0.25) is 4.79 Å². The van der Waals surface area contributed by atoms with Crippen molar-refractivity contribution in [2.24, 2.45) is 0 Å². The van der Waals surface area contributed by atoms with Gasteiger partial charge in [-0.1, -0.05) is 0 Å². The van der Waals surface area contributed by atoms with E-state index in [-0.39, 0.29) is 17.7 Å². The quantitative estimate of drug-likeness (QED) is 0.815. The van der Waals surface area contributed by atoms with Crippen molar-refractivity contribution in [3.63, 3.8) is 0 Å². The van der Waals surface area contributed by atoms with Gasteiger partial charge in [0.05, 0.1) is 24.5 Å². The number of anilines is 1. The maximum Gasteiger partial charge on any atom is 0.268 e. The molecule has 16 heavy (non-hydrogen) atoms. The molecule has 5 nitrogen and oxygen atoms in total. The number of methoxy groups -OCH3 is 1. The van der Waals surface area contributed by atoms with E-state index in [1.54, 1.807) is 19.4 Å². The second-order valence-electron chi connectivity index (χ2n) is 4.11. The number of nitrogens with zero attached hydrogens (tertiary/aromatic N) is 2. The van der Waals surface area contributed by atoms with Crippen LogP contribution in [0.3, 0.4) is 0 Å². The summed E-state index contributed by atoms with van der Waals surface area (Å²) in [5, 5.41) is 7.21. The highest BCUT2D eigenvalue weighted by atomic mass is 16.5. The first-order valence-electron chi connectivity index (χ1n) is 5.39. The third kappa shape index (κ3) is 3.66. The van der Waals surface area contributed by atoms with E-state index in [1.807, 2.05) is 20.8 Å². The molecule has 0 aliphatic rings. The van der Waals surface area contributed by atoms with E-state index < -0.39 is 0 Å². The highest BCUT2D eigenvalue weighted by Crippen LogP contribution is 2.02. The first-order valence-corrected chi connectivity index (χ1v) is 5.39. The second-order valence-corrected chi connectivity index (χ2v) is 4.11. The van der Waals surface area contributed by atoms with Crippen molar-refractivity contribution in [2.45, 2.75) is 39.5 Å². The van der Waals surface area contributed by atoms with Crippen LogP contribution in [0.4, 0.5) is 5.69 Å². The zero-order chi connectivity index (χ0) is 12.1. The van der Waals surface area contributed by atoms with Crippen molar-refractivity contribution in [2.75, 3.05) is 12.4 Å². The van der Waals surface area contributed by atoms with Gasteiger partial charge in [0.15, 0.2) is 0 Å². The summed E-state index contributed by atoms with van der Waals surface area (Å²) in [6.45, 7) is 6.39. The van der Waals surface area contributed by atoms with Crippen molar-refractivity contribution in [1.82, 2.24) is 9.78 Å². The number of rotatable bonds is 5. The lowest BCUT2D eigenvalue weighted by molar-refractivity contribution is 0.0984. The Balaban J connectivity index is 2.79. The largest absolute Gasteiger partial charge is 0.381 e. The van der Waals surface area contributed by atoms with Crippen molar-refractivity contribution < 1.29 is 4.74 Å². The van der Waals surface area contributed by atoms with Crippen LogP contribution in [-0.4, -0.2) is 29.0 Å². The van der Waals surface area contributed by atoms with E-state index in [0.29, 0.717) is 6.54 Å². The Kier molecular flexibility index (Phi) is 4.49.